The zero-order valence-electron chi connectivity index (χ0n) is 7.00. The van der Waals surface area contributed by atoms with Gasteiger partial charge in [-0.25, -0.2) is 0 Å². The van der Waals surface area contributed by atoms with Crippen LogP contribution in [0.5, 0.6) is 0 Å². The van der Waals surface area contributed by atoms with Crippen molar-refractivity contribution < 1.29 is 0 Å². The van der Waals surface area contributed by atoms with Gasteiger partial charge in [-0.15, -0.1) is 0 Å². The van der Waals surface area contributed by atoms with Crippen LogP contribution in [0.3, 0.4) is 0 Å². The average molecular weight is 293 g/mol. The number of hydrogen-bond acceptors (Lipinski definition) is 2. The van der Waals surface area contributed by atoms with E-state index in [2.05, 4.69) is 38.7 Å². The van der Waals surface area contributed by atoms with Gasteiger partial charge in [-0.2, -0.15) is 5.10 Å². The molecule has 0 aliphatic carbocycles. The van der Waals surface area contributed by atoms with Crippen LogP contribution in [0.4, 0.5) is 0 Å². The Bertz CT molecular complexity index is 381. The molecule has 74 valence electrons. The van der Waals surface area contributed by atoms with Gasteiger partial charge in [0.2, 0.25) is 0 Å². The normalized spacial score (nSPS) is 10.4. The summed E-state index contributed by atoms with van der Waals surface area (Å²) in [6, 6.07) is 5.47. The van der Waals surface area contributed by atoms with Crippen molar-refractivity contribution in [2.75, 3.05) is 0 Å². The first-order chi connectivity index (χ1) is 6.59. The van der Waals surface area contributed by atoms with Crippen molar-refractivity contribution in [3.05, 3.63) is 33.3 Å². The van der Waals surface area contributed by atoms with Crippen LogP contribution in [0.2, 0.25) is 5.02 Å². The molecule has 0 heterocycles. The van der Waals surface area contributed by atoms with Crippen LogP contribution in [0.15, 0.2) is 27.8 Å². The third kappa shape index (κ3) is 3.61. The van der Waals surface area contributed by atoms with Crippen molar-refractivity contribution >= 4 is 51.1 Å². The Labute approximate surface area is 100 Å². The van der Waals surface area contributed by atoms with E-state index in [1.165, 1.54) is 0 Å². The largest absolute Gasteiger partial charge is 0.375 e. The maximum absolute atomic E-state index is 5.88. The van der Waals surface area contributed by atoms with Crippen molar-refractivity contribution in [1.82, 2.24) is 5.43 Å². The van der Waals surface area contributed by atoms with Crippen LogP contribution in [0, 0.1) is 0 Å². The maximum Gasteiger partial charge on any atom is 0.184 e. The zero-order chi connectivity index (χ0) is 10.6. The van der Waals surface area contributed by atoms with E-state index in [0.717, 1.165) is 10.0 Å². The maximum atomic E-state index is 5.88. The lowest BCUT2D eigenvalue weighted by Gasteiger charge is -1.97. The molecule has 3 nitrogen and oxygen atoms in total. The summed E-state index contributed by atoms with van der Waals surface area (Å²) in [4.78, 5) is 0. The number of hydrogen-bond donors (Lipinski definition) is 2. The predicted octanol–water partition coefficient (Wildman–Crippen LogP) is 2.27. The fourth-order valence-corrected chi connectivity index (χ4v) is 1.25. The molecule has 6 heteroatoms. The molecule has 1 rings (SSSR count). The first-order valence-electron chi connectivity index (χ1n) is 3.63. The molecule has 0 saturated heterocycles. The lowest BCUT2D eigenvalue weighted by Crippen LogP contribution is -2.23. The quantitative estimate of drug-likeness (QED) is 0.499. The summed E-state index contributed by atoms with van der Waals surface area (Å²) in [6.07, 6.45) is 1.58. The smallest absolute Gasteiger partial charge is 0.184 e. The van der Waals surface area contributed by atoms with Gasteiger partial charge in [0.1, 0.15) is 0 Å². The fraction of sp³-hybridized carbons (Fsp3) is 0. The molecular formula is C8H7BrClN3S. The standard InChI is InChI=1S/C8H7BrClN3S/c9-6-2-1-5(3-7(6)10)4-12-13-8(11)14/h1-4H,(H3,11,13,14)/b12-4+. The summed E-state index contributed by atoms with van der Waals surface area (Å²) < 4.78 is 0.846. The number of rotatable bonds is 2. The van der Waals surface area contributed by atoms with E-state index < -0.39 is 0 Å². The molecule has 3 N–H and O–H groups in total. The third-order valence-electron chi connectivity index (χ3n) is 1.33. The Morgan fingerprint density at radius 2 is 2.36 bits per heavy atom. The Morgan fingerprint density at radius 1 is 1.64 bits per heavy atom. The van der Waals surface area contributed by atoms with Crippen LogP contribution in [0.1, 0.15) is 5.56 Å². The van der Waals surface area contributed by atoms with Crippen molar-refractivity contribution in [2.24, 2.45) is 10.8 Å². The molecule has 0 bridgehead atoms. The number of hydrazone groups is 1. The molecule has 0 saturated carbocycles. The van der Waals surface area contributed by atoms with E-state index in [1.54, 1.807) is 12.3 Å². The minimum Gasteiger partial charge on any atom is -0.375 e. The van der Waals surface area contributed by atoms with Gasteiger partial charge in [-0.3, -0.25) is 5.43 Å². The van der Waals surface area contributed by atoms with E-state index in [-0.39, 0.29) is 5.11 Å². The second-order valence-electron chi connectivity index (χ2n) is 2.41. The van der Waals surface area contributed by atoms with Crippen LogP contribution in [-0.4, -0.2) is 11.3 Å². The highest BCUT2D eigenvalue weighted by Crippen LogP contribution is 2.22. The van der Waals surface area contributed by atoms with Crippen molar-refractivity contribution in [2.45, 2.75) is 0 Å². The first kappa shape index (κ1) is 11.4. The molecule has 0 atom stereocenters. The molecule has 0 radical (unpaired) electrons. The van der Waals surface area contributed by atoms with Crippen molar-refractivity contribution in [1.29, 1.82) is 0 Å². The number of nitrogens with two attached hydrogens (primary N) is 1. The molecule has 0 amide bonds. The molecule has 1 aromatic carbocycles. The van der Waals surface area contributed by atoms with E-state index in [9.17, 15) is 0 Å². The average Bonchev–Trinajstić information content (AvgIpc) is 2.10. The van der Waals surface area contributed by atoms with Gasteiger partial charge in [-0.1, -0.05) is 17.7 Å². The van der Waals surface area contributed by atoms with Crippen LogP contribution in [0.25, 0.3) is 0 Å². The summed E-state index contributed by atoms with van der Waals surface area (Å²) >= 11 is 13.7. The highest BCUT2D eigenvalue weighted by Gasteiger charge is 1.96. The molecule has 0 aromatic heterocycles. The summed E-state index contributed by atoms with van der Waals surface area (Å²) in [7, 11) is 0. The molecule has 0 fully saturated rings. The summed E-state index contributed by atoms with van der Waals surface area (Å²) in [5, 5.41) is 4.55. The molecule has 0 unspecified atom stereocenters. The van der Waals surface area contributed by atoms with Gasteiger partial charge < -0.3 is 5.73 Å². The third-order valence-corrected chi connectivity index (χ3v) is 2.66. The molecule has 0 spiro atoms. The van der Waals surface area contributed by atoms with Gasteiger partial charge in [0.25, 0.3) is 0 Å². The Kier molecular flexibility index (Phi) is 4.31. The van der Waals surface area contributed by atoms with E-state index in [1.807, 2.05) is 12.1 Å². The number of benzene rings is 1. The highest BCUT2D eigenvalue weighted by atomic mass is 79.9. The van der Waals surface area contributed by atoms with Crippen LogP contribution < -0.4 is 11.2 Å². The fourth-order valence-electron chi connectivity index (χ4n) is 0.763. The lowest BCUT2D eigenvalue weighted by molar-refractivity contribution is 1.04. The molecule has 14 heavy (non-hydrogen) atoms. The van der Waals surface area contributed by atoms with Gasteiger partial charge in [0.05, 0.1) is 11.2 Å². The van der Waals surface area contributed by atoms with E-state index >= 15 is 0 Å². The second-order valence-corrected chi connectivity index (χ2v) is 4.11. The predicted molar refractivity (Wildman–Crippen MR) is 66.7 cm³/mol. The summed E-state index contributed by atoms with van der Waals surface area (Å²) in [5.41, 5.74) is 8.50. The van der Waals surface area contributed by atoms with E-state index in [4.69, 9.17) is 17.3 Å². The summed E-state index contributed by atoms with van der Waals surface area (Å²) in [6.45, 7) is 0. The van der Waals surface area contributed by atoms with E-state index in [0.29, 0.717) is 5.02 Å². The minimum absolute atomic E-state index is 0.129. The SMILES string of the molecule is NC(=S)N/N=C/c1ccc(Br)c(Cl)c1. The Hall–Kier alpha value is -0.650. The number of thiocarbonyl (C=S) groups is 1. The van der Waals surface area contributed by atoms with Gasteiger partial charge in [-0.05, 0) is 45.8 Å². The van der Waals surface area contributed by atoms with Gasteiger partial charge >= 0.3 is 0 Å². The van der Waals surface area contributed by atoms with Gasteiger partial charge in [0, 0.05) is 4.47 Å². The lowest BCUT2D eigenvalue weighted by atomic mass is 10.2. The molecule has 0 aliphatic heterocycles. The monoisotopic (exact) mass is 291 g/mol. The van der Waals surface area contributed by atoms with Crippen molar-refractivity contribution in [3.8, 4) is 0 Å². The summed E-state index contributed by atoms with van der Waals surface area (Å²) in [5.74, 6) is 0. The Morgan fingerprint density at radius 3 is 2.93 bits per heavy atom. The first-order valence-corrected chi connectivity index (χ1v) is 5.21. The Balaban J connectivity index is 2.73. The number of nitrogens with zero attached hydrogens (tertiary/aromatic N) is 1. The van der Waals surface area contributed by atoms with Crippen molar-refractivity contribution in [3.63, 3.8) is 0 Å². The molecular weight excluding hydrogens is 286 g/mol. The number of halogens is 2. The zero-order valence-corrected chi connectivity index (χ0v) is 10.2. The topological polar surface area (TPSA) is 50.4 Å². The second kappa shape index (κ2) is 5.29. The van der Waals surface area contributed by atoms with Crippen LogP contribution >= 0.6 is 39.7 Å². The molecule has 0 aliphatic rings. The van der Waals surface area contributed by atoms with Gasteiger partial charge in [0.15, 0.2) is 5.11 Å². The number of nitrogens with one attached hydrogen (secondary N) is 1. The molecule has 1 aromatic rings. The van der Waals surface area contributed by atoms with Crippen LogP contribution in [-0.2, 0) is 0 Å². The minimum atomic E-state index is 0.129. The highest BCUT2D eigenvalue weighted by molar-refractivity contribution is 9.10.